The number of hydrogen-bond acceptors (Lipinski definition) is 23. The lowest BCUT2D eigenvalue weighted by Crippen LogP contribution is -2.13. The van der Waals surface area contributed by atoms with E-state index in [0.29, 0.717) is 18.1 Å². The highest BCUT2D eigenvalue weighted by molar-refractivity contribution is 7.97. The van der Waals surface area contributed by atoms with Gasteiger partial charge < -0.3 is 15.7 Å². The zero-order valence-electron chi connectivity index (χ0n) is 28.8. The molecular weight excluding hydrogens is 899 g/mol. The highest BCUT2D eigenvalue weighted by Crippen LogP contribution is 2.48. The minimum Gasteiger partial charge on any atom is -0.505 e. The quantitative estimate of drug-likeness (QED) is 0.00642. The van der Waals surface area contributed by atoms with Crippen molar-refractivity contribution in [2.24, 2.45) is 20.5 Å². The van der Waals surface area contributed by atoms with Gasteiger partial charge in [0, 0.05) is 40.3 Å². The van der Waals surface area contributed by atoms with E-state index >= 15 is 0 Å². The van der Waals surface area contributed by atoms with Gasteiger partial charge in [0.1, 0.15) is 33.7 Å². The second-order valence-corrected chi connectivity index (χ2v) is 17.5. The minimum absolute atomic E-state index is 0.0240. The number of fused-ring (bicyclic) bond motifs is 1. The van der Waals surface area contributed by atoms with Gasteiger partial charge in [0.15, 0.2) is 15.6 Å². The first-order valence-electron chi connectivity index (χ1n) is 15.4. The van der Waals surface area contributed by atoms with Crippen LogP contribution in [-0.4, -0.2) is 77.3 Å². The largest absolute Gasteiger partial charge is 0.505 e. The average Bonchev–Trinajstić information content (AvgIpc) is 3.16. The maximum Gasteiger partial charge on any atom is 0.313 e. The number of nitrogens with one attached hydrogen (secondary N) is 2. The molecule has 0 saturated heterocycles. The monoisotopic (exact) mass is 922 g/mol. The molecule has 30 heteroatoms. The number of aromatic hydroxyl groups is 1. The van der Waals surface area contributed by atoms with Crippen molar-refractivity contribution in [3.63, 3.8) is 0 Å². The highest BCUT2D eigenvalue weighted by Gasteiger charge is 2.22. The molecule has 5 rings (SSSR count). The van der Waals surface area contributed by atoms with Crippen molar-refractivity contribution < 1.29 is 77.5 Å². The van der Waals surface area contributed by atoms with Gasteiger partial charge in [-0.25, -0.2) is 18.9 Å². The van der Waals surface area contributed by atoms with Crippen molar-refractivity contribution in [3.05, 3.63) is 78.8 Å². The fourth-order valence-electron chi connectivity index (χ4n) is 4.80. The van der Waals surface area contributed by atoms with Crippen LogP contribution in [-0.2, 0) is 48.8 Å². The summed E-state index contributed by atoms with van der Waals surface area (Å²) >= 11 is 0.780. The lowest BCUT2D eigenvalue weighted by molar-refractivity contribution is -0.432. The molecule has 0 unspecified atom stereocenters. The van der Waals surface area contributed by atoms with Crippen molar-refractivity contribution in [3.8, 4) is 5.75 Å². The molecule has 5 aromatic rings. The molecule has 0 amide bonds. The zero-order valence-corrected chi connectivity index (χ0v) is 32.9. The Hall–Kier alpha value is -5.09. The Labute approximate surface area is 338 Å². The normalized spacial score (nSPS) is 12.5. The van der Waals surface area contributed by atoms with Gasteiger partial charge in [-0.3, -0.25) is 9.11 Å². The molecule has 1 aromatic heterocycles. The molecule has 314 valence electrons. The SMILES string of the molecule is O=S(=O)(O)CNc1ccc2c(O)c(N=Nc3cccc(S(=O)(=O)CCSOOO)c3)c(SOOO)cc2c1N=Nc1cc(Nc2cc(F)nc(F)n2)ccc1S(=O)(=O)O. The third-order valence-corrected chi connectivity index (χ3v) is 11.7. The summed E-state index contributed by atoms with van der Waals surface area (Å²) in [5.41, 5.74) is -1.63. The van der Waals surface area contributed by atoms with Gasteiger partial charge in [-0.15, -0.1) is 24.0 Å². The van der Waals surface area contributed by atoms with Crippen molar-refractivity contribution in [2.75, 3.05) is 28.0 Å². The smallest absolute Gasteiger partial charge is 0.313 e. The Balaban J connectivity index is 1.63. The summed E-state index contributed by atoms with van der Waals surface area (Å²) in [6.45, 7) is 0. The predicted molar refractivity (Wildman–Crippen MR) is 202 cm³/mol. The van der Waals surface area contributed by atoms with Crippen LogP contribution in [0.1, 0.15) is 0 Å². The number of nitrogens with zero attached hydrogens (tertiary/aromatic N) is 6. The van der Waals surface area contributed by atoms with E-state index in [1.807, 2.05) is 0 Å². The number of aromatic nitrogens is 2. The van der Waals surface area contributed by atoms with Crippen LogP contribution >= 0.6 is 24.1 Å². The zero-order chi connectivity index (χ0) is 43.0. The third kappa shape index (κ3) is 12.2. The molecule has 0 aliphatic rings. The lowest BCUT2D eigenvalue weighted by Gasteiger charge is -2.14. The van der Waals surface area contributed by atoms with E-state index in [0.717, 1.165) is 24.3 Å². The topological polar surface area (TPSA) is 340 Å². The summed E-state index contributed by atoms with van der Waals surface area (Å²) in [6.07, 6.45) is -1.43. The van der Waals surface area contributed by atoms with E-state index in [4.69, 9.17) is 10.5 Å². The molecule has 0 radical (unpaired) electrons. The fourth-order valence-corrected chi connectivity index (χ4v) is 8.31. The number of anilines is 3. The summed E-state index contributed by atoms with van der Waals surface area (Å²) in [5.74, 6) is -3.97. The molecule has 4 aromatic carbocycles. The fraction of sp³-hybridized carbons (Fsp3) is 0.103. The number of phenols is 1. The molecule has 7 N–H and O–H groups in total. The first kappa shape index (κ1) is 45.0. The van der Waals surface area contributed by atoms with E-state index in [2.05, 4.69) is 59.8 Å². The summed E-state index contributed by atoms with van der Waals surface area (Å²) < 4.78 is 129. The summed E-state index contributed by atoms with van der Waals surface area (Å²) in [5, 5.41) is 56.4. The lowest BCUT2D eigenvalue weighted by atomic mass is 10.1. The van der Waals surface area contributed by atoms with Crippen molar-refractivity contribution in [2.45, 2.75) is 14.7 Å². The maximum atomic E-state index is 13.7. The average molecular weight is 923 g/mol. The number of halogens is 2. The standard InChI is InChI=1S/C29H24F2N8O15S5/c30-24-13-25(35-29(31)34-24)33-15-4-7-23(59(48,49)50)21(11-15)37-38-26-19-12-22(56-54-52-42)27(28(40)18(19)5-6-20(26)32-14-58(45,46)47)39-36-16-2-1-3-17(10-16)57(43,44)9-8-55-53-51-41/h1-7,10-13,32,40-42H,8-9,14H2,(H,33,34,35)(H,45,46,47)(H,48,49,50). The van der Waals surface area contributed by atoms with Crippen LogP contribution in [0.2, 0.25) is 0 Å². The number of rotatable bonds is 19. The molecule has 0 spiro atoms. The molecule has 0 atom stereocenters. The van der Waals surface area contributed by atoms with Crippen LogP contribution < -0.4 is 10.6 Å². The van der Waals surface area contributed by atoms with Crippen LogP contribution in [0, 0.1) is 12.0 Å². The Morgan fingerprint density at radius 3 is 2.24 bits per heavy atom. The molecule has 0 aliphatic heterocycles. The first-order valence-corrected chi connectivity index (χ1v) is 21.7. The van der Waals surface area contributed by atoms with Gasteiger partial charge in [0.25, 0.3) is 20.2 Å². The van der Waals surface area contributed by atoms with Crippen molar-refractivity contribution in [1.82, 2.24) is 9.97 Å². The molecule has 0 saturated carbocycles. The summed E-state index contributed by atoms with van der Waals surface area (Å²) in [4.78, 5) is 5.04. The number of hydrogen-bond donors (Lipinski definition) is 7. The summed E-state index contributed by atoms with van der Waals surface area (Å²) in [7, 11) is -13.6. The van der Waals surface area contributed by atoms with E-state index in [9.17, 15) is 48.2 Å². The second-order valence-electron chi connectivity index (χ2n) is 11.1. The van der Waals surface area contributed by atoms with Gasteiger partial charge >= 0.3 is 6.08 Å². The van der Waals surface area contributed by atoms with Gasteiger partial charge in [-0.1, -0.05) is 16.1 Å². The Morgan fingerprint density at radius 2 is 1.54 bits per heavy atom. The predicted octanol–water partition coefficient (Wildman–Crippen LogP) is 6.96. The number of azo groups is 2. The van der Waals surface area contributed by atoms with Crippen molar-refractivity contribution in [1.29, 1.82) is 0 Å². The number of phenolic OH excluding ortho intramolecular Hbond substituents is 1. The number of sulfone groups is 1. The molecule has 23 nitrogen and oxygen atoms in total. The van der Waals surface area contributed by atoms with E-state index in [-0.39, 0.29) is 66.8 Å². The van der Waals surface area contributed by atoms with E-state index in [1.165, 1.54) is 36.4 Å². The van der Waals surface area contributed by atoms with Crippen LogP contribution in [0.4, 0.5) is 48.7 Å². The Morgan fingerprint density at radius 1 is 0.797 bits per heavy atom. The molecular formula is C29H24F2N8O15S5. The van der Waals surface area contributed by atoms with Gasteiger partial charge in [-0.2, -0.15) is 40.7 Å². The van der Waals surface area contributed by atoms with Crippen LogP contribution in [0.15, 0.2) is 102 Å². The molecule has 0 aliphatic carbocycles. The van der Waals surface area contributed by atoms with E-state index < -0.39 is 75.9 Å². The molecule has 1 heterocycles. The number of benzene rings is 4. The first-order chi connectivity index (χ1) is 27.9. The van der Waals surface area contributed by atoms with Crippen molar-refractivity contribution >= 4 is 105 Å². The van der Waals surface area contributed by atoms with Gasteiger partial charge in [-0.05, 0) is 54.6 Å². The minimum atomic E-state index is -5.03. The Bertz CT molecular complexity index is 2750. The molecule has 0 fully saturated rings. The van der Waals surface area contributed by atoms with Crippen LogP contribution in [0.3, 0.4) is 0 Å². The van der Waals surface area contributed by atoms with Gasteiger partial charge in [0.2, 0.25) is 5.95 Å². The Kier molecular flexibility index (Phi) is 14.7. The third-order valence-electron chi connectivity index (χ3n) is 7.20. The van der Waals surface area contributed by atoms with Gasteiger partial charge in [0.05, 0.1) is 39.0 Å². The van der Waals surface area contributed by atoms with Crippen LogP contribution in [0.5, 0.6) is 5.75 Å². The van der Waals surface area contributed by atoms with E-state index in [1.54, 1.807) is 0 Å². The molecule has 59 heavy (non-hydrogen) atoms. The highest BCUT2D eigenvalue weighted by atomic mass is 32.2. The molecule has 0 bridgehead atoms. The maximum absolute atomic E-state index is 13.7. The second kappa shape index (κ2) is 19.3. The summed E-state index contributed by atoms with van der Waals surface area (Å²) in [6, 6.07) is 12.4. The van der Waals surface area contributed by atoms with Crippen LogP contribution in [0.25, 0.3) is 10.8 Å².